The van der Waals surface area contributed by atoms with Crippen molar-refractivity contribution in [1.29, 1.82) is 0 Å². The molecule has 45 heavy (non-hydrogen) atoms. The van der Waals surface area contributed by atoms with Crippen LogP contribution in [-0.4, -0.2) is 74.3 Å². The van der Waals surface area contributed by atoms with Crippen molar-refractivity contribution in [3.05, 3.63) is 77.9 Å². The summed E-state index contributed by atoms with van der Waals surface area (Å²) in [5, 5.41) is 8.09. The molecule has 232 valence electrons. The van der Waals surface area contributed by atoms with Gasteiger partial charge in [-0.15, -0.1) is 5.10 Å². The lowest BCUT2D eigenvalue weighted by Crippen LogP contribution is -2.45. The molecule has 5 heterocycles. The highest BCUT2D eigenvalue weighted by Crippen LogP contribution is 2.40. The molecule has 0 aliphatic carbocycles. The highest BCUT2D eigenvalue weighted by atomic mass is 16.5. The van der Waals surface area contributed by atoms with Crippen LogP contribution in [0.25, 0.3) is 11.0 Å². The number of piperidine rings is 1. The van der Waals surface area contributed by atoms with Gasteiger partial charge in [-0.25, -0.2) is 4.98 Å². The fourth-order valence-corrected chi connectivity index (χ4v) is 6.24. The Morgan fingerprint density at radius 3 is 2.67 bits per heavy atom. The molecule has 1 aromatic carbocycles. The maximum absolute atomic E-state index is 14.7. The first kappa shape index (κ1) is 29.6. The number of hydrogen-bond donors (Lipinski definition) is 1. The number of aromatic nitrogens is 5. The van der Waals surface area contributed by atoms with Crippen LogP contribution in [0.1, 0.15) is 24.4 Å². The Bertz CT molecular complexity index is 1900. The molecule has 6 rings (SSSR count). The minimum Gasteiger partial charge on any atom is -0.478 e. The molecular formula is C32H35N9O4. The molecule has 2 aliphatic rings. The van der Waals surface area contributed by atoms with Gasteiger partial charge in [0, 0.05) is 44.8 Å². The summed E-state index contributed by atoms with van der Waals surface area (Å²) in [6, 6.07) is 7.23. The van der Waals surface area contributed by atoms with Gasteiger partial charge in [-0.2, -0.15) is 4.98 Å². The number of anilines is 5. The summed E-state index contributed by atoms with van der Waals surface area (Å²) in [7, 11) is 3.31. The average molecular weight is 610 g/mol. The van der Waals surface area contributed by atoms with Crippen LogP contribution in [0.15, 0.2) is 66.8 Å². The number of carbonyl (C=O) groups is 2. The molecule has 1 N–H and O–H groups in total. The predicted octanol–water partition coefficient (Wildman–Crippen LogP) is 3.61. The van der Waals surface area contributed by atoms with Gasteiger partial charge in [0.1, 0.15) is 17.0 Å². The summed E-state index contributed by atoms with van der Waals surface area (Å²) >= 11 is 0. The van der Waals surface area contributed by atoms with Gasteiger partial charge in [0.15, 0.2) is 0 Å². The van der Waals surface area contributed by atoms with E-state index in [0.29, 0.717) is 60.9 Å². The van der Waals surface area contributed by atoms with Crippen LogP contribution >= 0.6 is 0 Å². The molecule has 4 aromatic rings. The van der Waals surface area contributed by atoms with Crippen molar-refractivity contribution in [2.45, 2.75) is 25.8 Å². The molecule has 0 spiro atoms. The smallest absolute Gasteiger partial charge is 0.276 e. The maximum atomic E-state index is 14.7. The van der Waals surface area contributed by atoms with Crippen LogP contribution < -0.4 is 25.4 Å². The number of methoxy groups -OCH3 is 1. The normalized spacial score (nSPS) is 16.3. The number of para-hydroxylation sites is 1. The number of nitrogens with one attached hydrogen (secondary N) is 1. The minimum absolute atomic E-state index is 0.179. The quantitative estimate of drug-likeness (QED) is 0.312. The number of fused-ring (bicyclic) bond motifs is 2. The van der Waals surface area contributed by atoms with Crippen LogP contribution in [0, 0.1) is 6.92 Å². The van der Waals surface area contributed by atoms with E-state index >= 15 is 0 Å². The van der Waals surface area contributed by atoms with Crippen molar-refractivity contribution in [3.8, 4) is 5.88 Å². The Morgan fingerprint density at radius 2 is 1.91 bits per heavy atom. The first-order valence-electron chi connectivity index (χ1n) is 14.7. The van der Waals surface area contributed by atoms with E-state index in [9.17, 15) is 14.4 Å². The molecule has 13 heteroatoms. The fourth-order valence-electron chi connectivity index (χ4n) is 6.24. The van der Waals surface area contributed by atoms with Crippen molar-refractivity contribution in [2.75, 3.05) is 48.4 Å². The molecule has 2 amide bonds. The van der Waals surface area contributed by atoms with E-state index in [2.05, 4.69) is 28.6 Å². The number of pyridine rings is 1. The number of hydrogen-bond acceptors (Lipinski definition) is 9. The lowest BCUT2D eigenvalue weighted by molar-refractivity contribution is -0.127. The van der Waals surface area contributed by atoms with E-state index < -0.39 is 0 Å². The molecule has 0 bridgehead atoms. The number of likely N-dealkylation sites (tertiary alicyclic amines) is 1. The van der Waals surface area contributed by atoms with Gasteiger partial charge >= 0.3 is 0 Å². The molecule has 3 aromatic heterocycles. The fraction of sp³-hybridized carbons (Fsp3) is 0.312. The highest BCUT2D eigenvalue weighted by Gasteiger charge is 2.32. The number of amides is 2. The average Bonchev–Trinajstić information content (AvgIpc) is 3.42. The Hall–Kier alpha value is -5.46. The standard InChI is InChI=1S/C32H35N9O4/c1-6-26(42)38-13-9-11-22(18-38)41-29-21(17-33-32(35-29)34-23-19-37(4)36-30(23)45-5)16-25(31(41)44)39-14-15-40(27(43)7-2)28-20(3)10-8-12-24(28)39/h6-8,10,12,16-17,19,22H,1-2,9,11,13-15,18H2,3-5H3,(H,33,34,35)/t22-/m1/s1. The topological polar surface area (TPSA) is 131 Å². The number of ether oxygens (including phenoxy) is 1. The van der Waals surface area contributed by atoms with Crippen molar-refractivity contribution in [1.82, 2.24) is 29.2 Å². The van der Waals surface area contributed by atoms with Crippen molar-refractivity contribution < 1.29 is 14.3 Å². The monoisotopic (exact) mass is 609 g/mol. The van der Waals surface area contributed by atoms with E-state index in [1.807, 2.05) is 30.0 Å². The Kier molecular flexibility index (Phi) is 7.83. The lowest BCUT2D eigenvalue weighted by atomic mass is 10.0. The summed E-state index contributed by atoms with van der Waals surface area (Å²) in [4.78, 5) is 54.8. The Labute approximate surface area is 260 Å². The third kappa shape index (κ3) is 5.30. The first-order valence-corrected chi connectivity index (χ1v) is 14.7. The van der Waals surface area contributed by atoms with Gasteiger partial charge in [0.05, 0.1) is 30.7 Å². The third-order valence-corrected chi connectivity index (χ3v) is 8.29. The zero-order valence-corrected chi connectivity index (χ0v) is 25.6. The van der Waals surface area contributed by atoms with E-state index in [1.54, 1.807) is 44.6 Å². The van der Waals surface area contributed by atoms with Crippen molar-refractivity contribution in [3.63, 3.8) is 0 Å². The van der Waals surface area contributed by atoms with E-state index in [4.69, 9.17) is 9.72 Å². The van der Waals surface area contributed by atoms with Gasteiger partial charge in [-0.3, -0.25) is 23.6 Å². The zero-order chi connectivity index (χ0) is 31.8. The second kappa shape index (κ2) is 11.9. The largest absolute Gasteiger partial charge is 0.478 e. The van der Waals surface area contributed by atoms with E-state index in [-0.39, 0.29) is 29.4 Å². The third-order valence-electron chi connectivity index (χ3n) is 8.29. The SMILES string of the molecule is C=CC(=O)N1CCC[C@@H](n2c(=O)c(N3CCN(C(=O)C=C)c4c(C)cccc43)cc3cnc(Nc4cn(C)nc4OC)nc32)C1. The van der Waals surface area contributed by atoms with Gasteiger partial charge < -0.3 is 24.8 Å². The number of rotatable bonds is 7. The van der Waals surface area contributed by atoms with Gasteiger partial charge in [0.25, 0.3) is 17.3 Å². The summed E-state index contributed by atoms with van der Waals surface area (Å²) < 4.78 is 8.67. The number of nitrogens with zero attached hydrogens (tertiary/aromatic N) is 8. The molecule has 0 radical (unpaired) electrons. The van der Waals surface area contributed by atoms with E-state index in [0.717, 1.165) is 23.4 Å². The van der Waals surface area contributed by atoms with Gasteiger partial charge in [0.2, 0.25) is 11.9 Å². The van der Waals surface area contributed by atoms with Crippen molar-refractivity contribution in [2.24, 2.45) is 7.05 Å². The molecule has 0 saturated carbocycles. The Morgan fingerprint density at radius 1 is 1.11 bits per heavy atom. The molecule has 1 saturated heterocycles. The zero-order valence-electron chi connectivity index (χ0n) is 25.6. The highest BCUT2D eigenvalue weighted by molar-refractivity contribution is 6.05. The summed E-state index contributed by atoms with van der Waals surface area (Å²) in [5.74, 6) is 0.264. The van der Waals surface area contributed by atoms with Crippen LogP contribution in [0.3, 0.4) is 0 Å². The summed E-state index contributed by atoms with van der Waals surface area (Å²) in [5.41, 5.74) is 3.58. The molecule has 13 nitrogen and oxygen atoms in total. The molecule has 2 aliphatic heterocycles. The minimum atomic E-state index is -0.339. The molecule has 1 atom stereocenters. The van der Waals surface area contributed by atoms with Gasteiger partial charge in [-0.1, -0.05) is 25.3 Å². The number of benzene rings is 1. The van der Waals surface area contributed by atoms with Gasteiger partial charge in [-0.05, 0) is 49.6 Å². The van der Waals surface area contributed by atoms with E-state index in [1.165, 1.54) is 19.3 Å². The van der Waals surface area contributed by atoms with Crippen LogP contribution in [0.5, 0.6) is 5.88 Å². The Balaban J connectivity index is 1.52. The molecule has 0 unspecified atom stereocenters. The molecule has 1 fully saturated rings. The lowest BCUT2D eigenvalue weighted by Gasteiger charge is -2.39. The molecular weight excluding hydrogens is 574 g/mol. The summed E-state index contributed by atoms with van der Waals surface area (Å²) in [6.07, 6.45) is 7.43. The number of carbonyl (C=O) groups excluding carboxylic acids is 2. The second-order valence-electron chi connectivity index (χ2n) is 11.1. The second-order valence-corrected chi connectivity index (χ2v) is 11.1. The summed E-state index contributed by atoms with van der Waals surface area (Å²) in [6.45, 7) is 11.0. The first-order chi connectivity index (χ1) is 21.7. The number of aryl methyl sites for hydroxylation is 2. The van der Waals surface area contributed by atoms with Crippen molar-refractivity contribution >= 4 is 51.5 Å². The van der Waals surface area contributed by atoms with Crippen LogP contribution in [-0.2, 0) is 16.6 Å². The maximum Gasteiger partial charge on any atom is 0.276 e. The van der Waals surface area contributed by atoms with Crippen LogP contribution in [0.4, 0.5) is 28.7 Å². The van der Waals surface area contributed by atoms with Crippen LogP contribution in [0.2, 0.25) is 0 Å². The predicted molar refractivity (Wildman–Crippen MR) is 173 cm³/mol.